The molecule has 0 saturated carbocycles. The van der Waals surface area contributed by atoms with Gasteiger partial charge in [0.1, 0.15) is 11.6 Å². The third-order valence-electron chi connectivity index (χ3n) is 7.54. The van der Waals surface area contributed by atoms with Crippen LogP contribution < -0.4 is 10.6 Å². The Morgan fingerprint density at radius 2 is 1.56 bits per heavy atom. The zero-order valence-corrected chi connectivity index (χ0v) is 27.3. The molecule has 0 heterocycles. The number of unbranched alkanes of at least 4 members (excludes halogenated alkanes) is 1. The summed E-state index contributed by atoms with van der Waals surface area (Å²) in [7, 11) is 0. The van der Waals surface area contributed by atoms with E-state index in [9.17, 15) is 23.5 Å². The number of benzene rings is 3. The SMILES string of the molecule is CCCN(CCC)C(=O)c1cc(C)cc(C(=O)N[C@@H](Cc2cc(F)cc(F)c2)[C@H](O)CNCc2cccc(CCCCCl)c2)c1. The zero-order chi connectivity index (χ0) is 32.8. The fourth-order valence-electron chi connectivity index (χ4n) is 5.42. The number of aliphatic hydroxyl groups is 1. The van der Waals surface area contributed by atoms with Gasteiger partial charge in [0.05, 0.1) is 12.1 Å². The third kappa shape index (κ3) is 11.8. The summed E-state index contributed by atoms with van der Waals surface area (Å²) in [4.78, 5) is 28.6. The van der Waals surface area contributed by atoms with Crippen molar-refractivity contribution in [1.29, 1.82) is 0 Å². The van der Waals surface area contributed by atoms with E-state index in [1.165, 1.54) is 17.7 Å². The molecular formula is C36H46ClF2N3O3. The van der Waals surface area contributed by atoms with Crippen molar-refractivity contribution in [1.82, 2.24) is 15.5 Å². The third-order valence-corrected chi connectivity index (χ3v) is 7.81. The highest BCUT2D eigenvalue weighted by molar-refractivity contribution is 6.17. The number of rotatable bonds is 18. The number of hydrogen-bond donors (Lipinski definition) is 3. The zero-order valence-electron chi connectivity index (χ0n) is 26.6. The Hall–Kier alpha value is -3.33. The molecule has 2 atom stereocenters. The van der Waals surface area contributed by atoms with Gasteiger partial charge in [0.15, 0.2) is 0 Å². The van der Waals surface area contributed by atoms with Crippen molar-refractivity contribution in [2.75, 3.05) is 25.5 Å². The van der Waals surface area contributed by atoms with Crippen LogP contribution >= 0.6 is 11.6 Å². The smallest absolute Gasteiger partial charge is 0.253 e. The molecule has 0 fully saturated rings. The van der Waals surface area contributed by atoms with Gasteiger partial charge in [-0.05, 0) is 98.0 Å². The number of halogens is 3. The minimum atomic E-state index is -1.08. The summed E-state index contributed by atoms with van der Waals surface area (Å²) in [5.74, 6) is -1.47. The van der Waals surface area contributed by atoms with Crippen LogP contribution in [0.2, 0.25) is 0 Å². The summed E-state index contributed by atoms with van der Waals surface area (Å²) >= 11 is 5.80. The van der Waals surface area contributed by atoms with Crippen LogP contribution in [0.4, 0.5) is 8.78 Å². The van der Waals surface area contributed by atoms with Gasteiger partial charge in [-0.2, -0.15) is 0 Å². The van der Waals surface area contributed by atoms with Crippen molar-refractivity contribution in [2.24, 2.45) is 0 Å². The van der Waals surface area contributed by atoms with E-state index in [0.29, 0.717) is 36.6 Å². The average Bonchev–Trinajstić information content (AvgIpc) is 2.99. The summed E-state index contributed by atoms with van der Waals surface area (Å²) in [6, 6.07) is 15.5. The molecule has 2 amide bonds. The fourth-order valence-corrected chi connectivity index (χ4v) is 5.61. The first-order chi connectivity index (χ1) is 21.6. The van der Waals surface area contributed by atoms with Crippen molar-refractivity contribution < 1.29 is 23.5 Å². The largest absolute Gasteiger partial charge is 0.390 e. The maximum Gasteiger partial charge on any atom is 0.253 e. The van der Waals surface area contributed by atoms with Gasteiger partial charge < -0.3 is 20.6 Å². The van der Waals surface area contributed by atoms with Crippen LogP contribution in [0, 0.1) is 18.6 Å². The summed E-state index contributed by atoms with van der Waals surface area (Å²) in [5, 5.41) is 17.3. The number of aliphatic hydroxyl groups excluding tert-OH is 1. The van der Waals surface area contributed by atoms with E-state index in [4.69, 9.17) is 11.6 Å². The van der Waals surface area contributed by atoms with Crippen LogP contribution in [-0.2, 0) is 19.4 Å². The van der Waals surface area contributed by atoms with Gasteiger partial charge in [0, 0.05) is 49.3 Å². The van der Waals surface area contributed by atoms with Crippen molar-refractivity contribution in [2.45, 2.75) is 78.0 Å². The number of hydrogen-bond acceptors (Lipinski definition) is 4. The van der Waals surface area contributed by atoms with E-state index in [-0.39, 0.29) is 24.4 Å². The summed E-state index contributed by atoms with van der Waals surface area (Å²) in [6.07, 6.45) is 3.45. The number of carbonyl (C=O) groups excluding carboxylic acids is 2. The lowest BCUT2D eigenvalue weighted by atomic mass is 9.99. The lowest BCUT2D eigenvalue weighted by Gasteiger charge is -2.25. The molecule has 244 valence electrons. The first kappa shape index (κ1) is 36.1. The molecule has 45 heavy (non-hydrogen) atoms. The van der Waals surface area contributed by atoms with E-state index in [1.54, 1.807) is 23.1 Å². The topological polar surface area (TPSA) is 81.7 Å². The number of amides is 2. The lowest BCUT2D eigenvalue weighted by molar-refractivity contribution is 0.0755. The van der Waals surface area contributed by atoms with Gasteiger partial charge in [-0.25, -0.2) is 8.78 Å². The summed E-state index contributed by atoms with van der Waals surface area (Å²) in [6.45, 7) is 7.69. The predicted molar refractivity (Wildman–Crippen MR) is 177 cm³/mol. The van der Waals surface area contributed by atoms with Gasteiger partial charge in [0.25, 0.3) is 11.8 Å². The molecule has 3 aromatic rings. The molecule has 6 nitrogen and oxygen atoms in total. The van der Waals surface area contributed by atoms with Gasteiger partial charge in [0.2, 0.25) is 0 Å². The Labute approximate surface area is 271 Å². The Morgan fingerprint density at radius 3 is 2.22 bits per heavy atom. The molecule has 0 aliphatic carbocycles. The molecule has 0 unspecified atom stereocenters. The minimum absolute atomic E-state index is 0.00228. The van der Waals surface area contributed by atoms with Crippen LogP contribution in [0.5, 0.6) is 0 Å². The van der Waals surface area contributed by atoms with Crippen LogP contribution in [0.25, 0.3) is 0 Å². The van der Waals surface area contributed by atoms with Gasteiger partial charge in [-0.3, -0.25) is 9.59 Å². The number of aryl methyl sites for hydroxylation is 2. The van der Waals surface area contributed by atoms with Crippen molar-refractivity contribution >= 4 is 23.4 Å². The predicted octanol–water partition coefficient (Wildman–Crippen LogP) is 6.59. The molecule has 3 aromatic carbocycles. The molecule has 0 aromatic heterocycles. The maximum absolute atomic E-state index is 14.0. The van der Waals surface area contributed by atoms with Gasteiger partial charge >= 0.3 is 0 Å². The second-order valence-electron chi connectivity index (χ2n) is 11.6. The van der Waals surface area contributed by atoms with Crippen LogP contribution in [0.15, 0.2) is 60.7 Å². The standard InChI is InChI=1S/C36H46ClF2N3O3/c1-4-13-42(14-5-2)36(45)30-16-25(3)15-29(21-30)35(44)41-33(20-28-18-31(38)22-32(39)19-28)34(43)24-40-23-27-11-8-10-26(17-27)9-6-7-12-37/h8,10-11,15-19,21-22,33-34,40,43H,4-7,9,12-14,20,23-24H2,1-3H3,(H,41,44)/t33-,34+/m0/s1. The Balaban J connectivity index is 1.77. The van der Waals surface area contributed by atoms with E-state index < -0.39 is 29.7 Å². The molecule has 0 aliphatic heterocycles. The summed E-state index contributed by atoms with van der Waals surface area (Å²) < 4.78 is 28.0. The molecule has 0 saturated heterocycles. The lowest BCUT2D eigenvalue weighted by Crippen LogP contribution is -2.48. The molecule has 3 N–H and O–H groups in total. The molecule has 9 heteroatoms. The molecular weight excluding hydrogens is 596 g/mol. The summed E-state index contributed by atoms with van der Waals surface area (Å²) in [5.41, 5.74) is 3.99. The normalized spacial score (nSPS) is 12.5. The van der Waals surface area contributed by atoms with Crippen LogP contribution in [0.3, 0.4) is 0 Å². The van der Waals surface area contributed by atoms with E-state index >= 15 is 0 Å². The van der Waals surface area contributed by atoms with Gasteiger partial charge in [-0.1, -0.05) is 38.1 Å². The first-order valence-corrected chi connectivity index (χ1v) is 16.4. The molecule has 0 aliphatic rings. The molecule has 0 bridgehead atoms. The highest BCUT2D eigenvalue weighted by Crippen LogP contribution is 2.16. The maximum atomic E-state index is 14.0. The Bertz CT molecular complexity index is 1380. The Kier molecular flexibility index (Phi) is 14.9. The number of nitrogens with one attached hydrogen (secondary N) is 2. The highest BCUT2D eigenvalue weighted by atomic mass is 35.5. The van der Waals surface area contributed by atoms with Gasteiger partial charge in [-0.15, -0.1) is 11.6 Å². The monoisotopic (exact) mass is 641 g/mol. The van der Waals surface area contributed by atoms with Crippen molar-refractivity contribution in [3.63, 3.8) is 0 Å². The molecule has 0 radical (unpaired) electrons. The van der Waals surface area contributed by atoms with E-state index in [1.807, 2.05) is 32.9 Å². The second kappa shape index (κ2) is 18.6. The van der Waals surface area contributed by atoms with Crippen molar-refractivity contribution in [3.05, 3.63) is 106 Å². The number of nitrogens with zero attached hydrogens (tertiary/aromatic N) is 1. The molecule has 0 spiro atoms. The number of carbonyl (C=O) groups is 2. The van der Waals surface area contributed by atoms with Crippen LogP contribution in [0.1, 0.15) is 82.5 Å². The minimum Gasteiger partial charge on any atom is -0.390 e. The average molecular weight is 642 g/mol. The quantitative estimate of drug-likeness (QED) is 0.108. The van der Waals surface area contributed by atoms with Crippen LogP contribution in [-0.4, -0.2) is 59.5 Å². The van der Waals surface area contributed by atoms with E-state index in [2.05, 4.69) is 22.8 Å². The fraction of sp³-hybridized carbons (Fsp3) is 0.444. The second-order valence-corrected chi connectivity index (χ2v) is 12.0. The molecule has 3 rings (SSSR count). The first-order valence-electron chi connectivity index (χ1n) is 15.8. The highest BCUT2D eigenvalue weighted by Gasteiger charge is 2.24. The van der Waals surface area contributed by atoms with E-state index in [0.717, 1.165) is 49.3 Å². The number of alkyl halides is 1. The Morgan fingerprint density at radius 1 is 0.889 bits per heavy atom. The van der Waals surface area contributed by atoms with Crippen molar-refractivity contribution in [3.8, 4) is 0 Å².